The Bertz CT molecular complexity index is 3720. The average molecular weight is 1230 g/mol. The largest absolute Gasteiger partial charge is 0.444 e. The number of pyridine rings is 2. The number of aromatic nitrogens is 6. The van der Waals surface area contributed by atoms with Crippen LogP contribution in [0.3, 0.4) is 0 Å². The fourth-order valence-electron chi connectivity index (χ4n) is 10.9. The van der Waals surface area contributed by atoms with Crippen LogP contribution in [0.5, 0.6) is 0 Å². The second kappa shape index (κ2) is 27.7. The Morgan fingerprint density at radius 3 is 1.43 bits per heavy atom. The number of aryl methyl sites for hydroxylation is 2. The minimum absolute atomic E-state index is 0.115. The van der Waals surface area contributed by atoms with E-state index in [1.165, 1.54) is 16.8 Å². The van der Waals surface area contributed by atoms with Crippen molar-refractivity contribution in [2.24, 2.45) is 11.8 Å². The predicted molar refractivity (Wildman–Crippen MR) is 337 cm³/mol. The number of carbonyl (C=O) groups excluding carboxylic acids is 5. The monoisotopic (exact) mass is 1230 g/mol. The Balaban J connectivity index is 0.000000184. The molecule has 0 aliphatic carbocycles. The van der Waals surface area contributed by atoms with Crippen LogP contribution in [0.25, 0.3) is 22.1 Å². The Morgan fingerprint density at radius 1 is 0.591 bits per heavy atom. The molecular weight excluding hydrogens is 1150 g/mol. The number of sulfone groups is 1. The van der Waals surface area contributed by atoms with Crippen molar-refractivity contribution < 1.29 is 41.9 Å². The SMILES string of the molecule is CC(=O)N1CCN(c2ccc(CC=O)cc2)[C@H](C)C1.CC(=O)N1CCN(c2ccc(Nc3ncc4ccc(=O)n(CCC5CN(C(=O)OC(C)(C)C)C5)c4n3)cc2)[C@H](C)C1.CC(C)(C)OC(=O)N1CC(CCn2c(=O)ccc3cnc(S(C)(=O)=O)nc32)C1. The van der Waals surface area contributed by atoms with E-state index in [9.17, 15) is 42.0 Å². The van der Waals surface area contributed by atoms with Gasteiger partial charge < -0.3 is 49.0 Å². The molecule has 0 radical (unpaired) electrons. The van der Waals surface area contributed by atoms with Gasteiger partial charge in [0.05, 0.1) is 0 Å². The number of likely N-dealkylation sites (tertiary alicyclic amines) is 2. The topological polar surface area (TPSA) is 265 Å². The van der Waals surface area contributed by atoms with Crippen LogP contribution in [0.2, 0.25) is 0 Å². The molecule has 8 heterocycles. The smallest absolute Gasteiger partial charge is 0.410 e. The van der Waals surface area contributed by atoms with Gasteiger partial charge in [-0.1, -0.05) is 12.1 Å². The molecule has 4 fully saturated rings. The lowest BCUT2D eigenvalue weighted by atomic mass is 9.97. The molecule has 4 aliphatic rings. The Hall–Kier alpha value is -8.48. The minimum atomic E-state index is -3.58. The van der Waals surface area contributed by atoms with Gasteiger partial charge >= 0.3 is 12.2 Å². The summed E-state index contributed by atoms with van der Waals surface area (Å²) in [6.07, 6.45) is 6.33. The molecule has 0 unspecified atom stereocenters. The third kappa shape index (κ3) is 17.2. The number of hydrogen-bond donors (Lipinski definition) is 1. The summed E-state index contributed by atoms with van der Waals surface area (Å²) >= 11 is 0. The van der Waals surface area contributed by atoms with Crippen molar-refractivity contribution in [2.75, 3.05) is 86.8 Å². The maximum absolute atomic E-state index is 12.8. The number of amides is 4. The van der Waals surface area contributed by atoms with Crippen LogP contribution in [0, 0.1) is 11.8 Å². The first kappa shape index (κ1) is 65.5. The zero-order chi connectivity index (χ0) is 63.8. The van der Waals surface area contributed by atoms with Crippen LogP contribution in [0.4, 0.5) is 32.6 Å². The highest BCUT2D eigenvalue weighted by atomic mass is 32.2. The van der Waals surface area contributed by atoms with Crippen molar-refractivity contribution >= 4 is 85.2 Å². The molecule has 10 rings (SSSR count). The summed E-state index contributed by atoms with van der Waals surface area (Å²) in [4.78, 5) is 112. The van der Waals surface area contributed by atoms with Gasteiger partial charge in [0.2, 0.25) is 32.8 Å². The van der Waals surface area contributed by atoms with Crippen LogP contribution in [0.15, 0.2) is 99.9 Å². The molecule has 0 saturated carbocycles. The molecule has 0 bridgehead atoms. The van der Waals surface area contributed by atoms with E-state index in [0.717, 1.165) is 79.7 Å². The van der Waals surface area contributed by atoms with Gasteiger partial charge in [0.25, 0.3) is 11.1 Å². The normalized spacial score (nSPS) is 17.4. The van der Waals surface area contributed by atoms with Gasteiger partial charge in [-0.15, -0.1) is 0 Å². The summed E-state index contributed by atoms with van der Waals surface area (Å²) in [5, 5.41) is 4.34. The van der Waals surface area contributed by atoms with Gasteiger partial charge in [-0.2, -0.15) is 9.97 Å². The van der Waals surface area contributed by atoms with Gasteiger partial charge in [-0.05, 0) is 134 Å². The van der Waals surface area contributed by atoms with Crippen molar-refractivity contribution in [3.8, 4) is 0 Å². The molecule has 0 spiro atoms. The van der Waals surface area contributed by atoms with Crippen molar-refractivity contribution in [2.45, 2.75) is 130 Å². The third-order valence-electron chi connectivity index (χ3n) is 15.7. The van der Waals surface area contributed by atoms with Gasteiger partial charge in [-0.25, -0.2) is 28.0 Å². The molecule has 2 atom stereocenters. The quantitative estimate of drug-likeness (QED) is 0.0921. The molecular formula is C63H83N13O11S. The number of aldehydes is 1. The minimum Gasteiger partial charge on any atom is -0.444 e. The van der Waals surface area contributed by atoms with E-state index in [1.807, 2.05) is 75.6 Å². The summed E-state index contributed by atoms with van der Waals surface area (Å²) in [5.74, 6) is 1.21. The van der Waals surface area contributed by atoms with E-state index in [0.29, 0.717) is 93.2 Å². The van der Waals surface area contributed by atoms with Crippen molar-refractivity contribution in [1.29, 1.82) is 0 Å². The van der Waals surface area contributed by atoms with Crippen LogP contribution in [0.1, 0.15) is 87.6 Å². The first-order chi connectivity index (χ1) is 41.5. The average Bonchev–Trinajstić information content (AvgIpc) is 1.18. The Morgan fingerprint density at radius 2 is 1.02 bits per heavy atom. The first-order valence-electron chi connectivity index (χ1n) is 29.9. The molecule has 6 aromatic rings. The van der Waals surface area contributed by atoms with E-state index in [2.05, 4.69) is 68.2 Å². The number of fused-ring (bicyclic) bond motifs is 2. The Kier molecular flexibility index (Phi) is 20.6. The molecule has 25 heteroatoms. The van der Waals surface area contributed by atoms with E-state index in [1.54, 1.807) is 52.6 Å². The van der Waals surface area contributed by atoms with E-state index in [4.69, 9.17) is 14.5 Å². The lowest BCUT2D eigenvalue weighted by Crippen LogP contribution is -2.53. The van der Waals surface area contributed by atoms with Gasteiger partial charge in [-0.3, -0.25) is 28.3 Å². The summed E-state index contributed by atoms with van der Waals surface area (Å²) in [5.41, 5.74) is 3.58. The fourth-order valence-corrected chi connectivity index (χ4v) is 11.4. The molecule has 4 saturated heterocycles. The lowest BCUT2D eigenvalue weighted by molar-refractivity contribution is -0.130. The molecule has 24 nitrogen and oxygen atoms in total. The van der Waals surface area contributed by atoms with E-state index < -0.39 is 21.0 Å². The molecule has 4 amide bonds. The van der Waals surface area contributed by atoms with Gasteiger partial charge in [0.15, 0.2) is 0 Å². The second-order valence-corrected chi connectivity index (χ2v) is 27.0. The summed E-state index contributed by atoms with van der Waals surface area (Å²) in [6, 6.07) is 23.0. The predicted octanol–water partition coefficient (Wildman–Crippen LogP) is 6.79. The number of rotatable bonds is 13. The highest BCUT2D eigenvalue weighted by Gasteiger charge is 2.35. The molecule has 1 N–H and O–H groups in total. The molecule has 4 aliphatic heterocycles. The van der Waals surface area contributed by atoms with Gasteiger partial charge in [0, 0.05) is 170 Å². The fraction of sp³-hybridized carbons (Fsp3) is 0.508. The first-order valence-corrected chi connectivity index (χ1v) is 31.7. The number of anilines is 4. The zero-order valence-corrected chi connectivity index (χ0v) is 53.2. The standard InChI is InChI=1S/C30H39N7O4.C18H24N4O5S.C15H20N2O2/c1-20-17-34(21(2)38)14-15-36(20)25-9-7-24(8-10-25)32-28-31-16-23-6-11-26(39)37(27(23)33-28)13-12-22-18-35(19-22)29(40)41-30(3,4)5;1-18(2,3)27-17(24)21-10-12(11-21)7-8-22-14(23)6-5-13-9-19-16(20-15(13)22)28(4,25)26;1-12-11-16(13(2)19)8-9-17(12)15-5-3-14(4-6-15)7-10-18/h6-11,16,20,22H,12-15,17-19H2,1-5H3,(H,31,32,33);5-6,9,12H,7-8,10-11H2,1-4H3;3-6,10,12H,7-9,11H2,1-2H3/t20-;;12-/m1.1/s1. The van der Waals surface area contributed by atoms with Crippen molar-refractivity contribution in [1.82, 2.24) is 48.7 Å². The molecule has 88 heavy (non-hydrogen) atoms. The van der Waals surface area contributed by atoms with Crippen LogP contribution < -0.4 is 26.2 Å². The number of piperazine rings is 2. The number of carbonyl (C=O) groups is 5. The lowest BCUT2D eigenvalue weighted by Gasteiger charge is -2.41. The van der Waals surface area contributed by atoms with Crippen molar-refractivity contribution in [3.05, 3.63) is 111 Å². The van der Waals surface area contributed by atoms with Crippen LogP contribution >= 0.6 is 0 Å². The third-order valence-corrected chi connectivity index (χ3v) is 16.5. The van der Waals surface area contributed by atoms with Crippen LogP contribution in [-0.4, -0.2) is 182 Å². The number of benzene rings is 2. The van der Waals surface area contributed by atoms with Crippen molar-refractivity contribution in [3.63, 3.8) is 0 Å². The second-order valence-electron chi connectivity index (χ2n) is 25.1. The number of nitrogens with one attached hydrogen (secondary N) is 1. The highest BCUT2D eigenvalue weighted by Crippen LogP contribution is 2.28. The van der Waals surface area contributed by atoms with Gasteiger partial charge in [0.1, 0.15) is 28.8 Å². The van der Waals surface area contributed by atoms with Crippen LogP contribution in [-0.2, 0) is 53.2 Å². The number of hydrogen-bond acceptors (Lipinski definition) is 18. The molecule has 4 aromatic heterocycles. The molecule has 472 valence electrons. The summed E-state index contributed by atoms with van der Waals surface area (Å²) in [6.45, 7) is 26.4. The maximum Gasteiger partial charge on any atom is 0.410 e. The number of ether oxygens (including phenoxy) is 2. The number of nitrogens with zero attached hydrogens (tertiary/aromatic N) is 12. The van der Waals surface area contributed by atoms with E-state index in [-0.39, 0.29) is 52.2 Å². The highest BCUT2D eigenvalue weighted by molar-refractivity contribution is 7.90. The summed E-state index contributed by atoms with van der Waals surface area (Å²) in [7, 11) is -3.58. The summed E-state index contributed by atoms with van der Waals surface area (Å²) < 4.78 is 37.4. The Labute approximate surface area is 513 Å². The maximum atomic E-state index is 12.8. The zero-order valence-electron chi connectivity index (χ0n) is 52.3. The molecule has 2 aromatic carbocycles. The van der Waals surface area contributed by atoms with E-state index >= 15 is 0 Å².